The number of aromatic nitrogens is 1. The summed E-state index contributed by atoms with van der Waals surface area (Å²) in [4.78, 5) is 14.6. The van der Waals surface area contributed by atoms with Crippen LogP contribution in [0.2, 0.25) is 0 Å². The van der Waals surface area contributed by atoms with Crippen molar-refractivity contribution in [2.24, 2.45) is 0 Å². The highest BCUT2D eigenvalue weighted by Crippen LogP contribution is 2.21. The zero-order valence-corrected chi connectivity index (χ0v) is 11.6. The second-order valence-corrected chi connectivity index (χ2v) is 4.81. The number of hydrogen-bond donors (Lipinski definition) is 2. The molecule has 0 aliphatic heterocycles. The van der Waals surface area contributed by atoms with Crippen molar-refractivity contribution in [3.63, 3.8) is 0 Å². The van der Waals surface area contributed by atoms with Crippen LogP contribution < -0.4 is 10.6 Å². The fraction of sp³-hybridized carbons (Fsp3) is 0.615. The zero-order chi connectivity index (χ0) is 14.4. The molecule has 1 heterocycles. The lowest BCUT2D eigenvalue weighted by atomic mass is 10.3. The first-order chi connectivity index (χ1) is 9.69. The average molecular weight is 280 g/mol. The van der Waals surface area contributed by atoms with E-state index in [9.17, 15) is 10.1 Å². The van der Waals surface area contributed by atoms with Gasteiger partial charge in [-0.25, -0.2) is 4.98 Å². The first-order valence-electron chi connectivity index (χ1n) is 6.89. The van der Waals surface area contributed by atoms with Gasteiger partial charge in [-0.15, -0.1) is 0 Å². The van der Waals surface area contributed by atoms with Gasteiger partial charge in [0, 0.05) is 13.6 Å². The van der Waals surface area contributed by atoms with E-state index in [1.54, 1.807) is 7.05 Å². The summed E-state index contributed by atoms with van der Waals surface area (Å²) < 4.78 is 5.72. The van der Waals surface area contributed by atoms with E-state index in [-0.39, 0.29) is 5.69 Å². The summed E-state index contributed by atoms with van der Waals surface area (Å²) in [6.07, 6.45) is 5.15. The van der Waals surface area contributed by atoms with E-state index in [1.807, 2.05) is 0 Å². The summed E-state index contributed by atoms with van der Waals surface area (Å²) in [6.45, 7) is 1.18. The van der Waals surface area contributed by atoms with E-state index in [1.165, 1.54) is 25.0 Å². The Labute approximate surface area is 117 Å². The normalized spacial score (nSPS) is 15.2. The van der Waals surface area contributed by atoms with Crippen LogP contribution in [-0.2, 0) is 4.74 Å². The van der Waals surface area contributed by atoms with Crippen LogP contribution in [0.5, 0.6) is 0 Å². The molecule has 0 amide bonds. The van der Waals surface area contributed by atoms with E-state index in [2.05, 4.69) is 15.6 Å². The van der Waals surface area contributed by atoms with Crippen LogP contribution in [0.15, 0.2) is 12.1 Å². The van der Waals surface area contributed by atoms with Gasteiger partial charge in [-0.1, -0.05) is 12.8 Å². The Kier molecular flexibility index (Phi) is 5.11. The van der Waals surface area contributed by atoms with E-state index < -0.39 is 4.92 Å². The molecule has 2 N–H and O–H groups in total. The van der Waals surface area contributed by atoms with Gasteiger partial charge in [0.05, 0.1) is 29.8 Å². The van der Waals surface area contributed by atoms with Gasteiger partial charge in [0.25, 0.3) is 5.69 Å². The van der Waals surface area contributed by atoms with E-state index in [4.69, 9.17) is 4.74 Å². The fourth-order valence-electron chi connectivity index (χ4n) is 2.30. The number of hydrogen-bond acceptors (Lipinski definition) is 6. The average Bonchev–Trinajstić information content (AvgIpc) is 2.96. The van der Waals surface area contributed by atoms with Gasteiger partial charge in [0.1, 0.15) is 11.6 Å². The van der Waals surface area contributed by atoms with Crippen molar-refractivity contribution >= 4 is 17.3 Å². The van der Waals surface area contributed by atoms with Crippen LogP contribution in [0.1, 0.15) is 25.7 Å². The van der Waals surface area contributed by atoms with Crippen LogP contribution in [-0.4, -0.2) is 36.2 Å². The van der Waals surface area contributed by atoms with Crippen molar-refractivity contribution in [2.45, 2.75) is 31.8 Å². The SMILES string of the molecule is CNc1cc([N+](=O)[O-])cc(NCCOC2CCCC2)n1. The first-order valence-corrected chi connectivity index (χ1v) is 6.89. The van der Waals surface area contributed by atoms with Crippen LogP contribution >= 0.6 is 0 Å². The molecule has 0 spiro atoms. The maximum Gasteiger partial charge on any atom is 0.276 e. The maximum absolute atomic E-state index is 10.8. The van der Waals surface area contributed by atoms with Crippen LogP contribution in [0.25, 0.3) is 0 Å². The van der Waals surface area contributed by atoms with Crippen LogP contribution in [0.3, 0.4) is 0 Å². The smallest absolute Gasteiger partial charge is 0.276 e. The Morgan fingerprint density at radius 2 is 2.10 bits per heavy atom. The van der Waals surface area contributed by atoms with Gasteiger partial charge in [0.15, 0.2) is 0 Å². The molecule has 20 heavy (non-hydrogen) atoms. The summed E-state index contributed by atoms with van der Waals surface area (Å²) in [6, 6.07) is 2.83. The Bertz CT molecular complexity index is 461. The monoisotopic (exact) mass is 280 g/mol. The second kappa shape index (κ2) is 7.04. The lowest BCUT2D eigenvalue weighted by Crippen LogP contribution is -2.16. The number of anilines is 2. The fourth-order valence-corrected chi connectivity index (χ4v) is 2.30. The Hall–Kier alpha value is -1.89. The first kappa shape index (κ1) is 14.5. The van der Waals surface area contributed by atoms with Gasteiger partial charge in [-0.05, 0) is 12.8 Å². The number of nitrogens with zero attached hydrogens (tertiary/aromatic N) is 2. The third kappa shape index (κ3) is 4.06. The Balaban J connectivity index is 1.84. The summed E-state index contributed by atoms with van der Waals surface area (Å²) in [5, 5.41) is 16.7. The molecule has 0 radical (unpaired) electrons. The highest BCUT2D eigenvalue weighted by Gasteiger charge is 2.15. The number of nitrogens with one attached hydrogen (secondary N) is 2. The summed E-state index contributed by atoms with van der Waals surface area (Å²) in [5.74, 6) is 0.956. The maximum atomic E-state index is 10.8. The van der Waals surface area contributed by atoms with Gasteiger partial charge >= 0.3 is 0 Å². The minimum atomic E-state index is -0.428. The molecule has 1 aliphatic carbocycles. The minimum Gasteiger partial charge on any atom is -0.376 e. The molecule has 1 aromatic rings. The molecule has 2 rings (SSSR count). The van der Waals surface area contributed by atoms with Crippen molar-refractivity contribution in [3.05, 3.63) is 22.2 Å². The largest absolute Gasteiger partial charge is 0.376 e. The third-order valence-corrected chi connectivity index (χ3v) is 3.34. The van der Waals surface area contributed by atoms with E-state index in [0.717, 1.165) is 12.8 Å². The molecule has 0 saturated heterocycles. The minimum absolute atomic E-state index is 0.0172. The molecule has 0 aromatic carbocycles. The summed E-state index contributed by atoms with van der Waals surface area (Å²) in [5.41, 5.74) is 0.0172. The Morgan fingerprint density at radius 1 is 1.40 bits per heavy atom. The molecule has 7 heteroatoms. The van der Waals surface area contributed by atoms with Crippen molar-refractivity contribution in [1.29, 1.82) is 0 Å². The van der Waals surface area contributed by atoms with Crippen molar-refractivity contribution < 1.29 is 9.66 Å². The number of rotatable bonds is 7. The molecule has 0 unspecified atom stereocenters. The van der Waals surface area contributed by atoms with E-state index >= 15 is 0 Å². The molecular formula is C13H20N4O3. The predicted octanol–water partition coefficient (Wildman–Crippen LogP) is 2.40. The lowest BCUT2D eigenvalue weighted by molar-refractivity contribution is -0.384. The molecule has 1 fully saturated rings. The number of ether oxygens (including phenoxy) is 1. The topological polar surface area (TPSA) is 89.3 Å². The number of pyridine rings is 1. The van der Waals surface area contributed by atoms with Crippen molar-refractivity contribution in [2.75, 3.05) is 30.8 Å². The van der Waals surface area contributed by atoms with Gasteiger partial charge < -0.3 is 15.4 Å². The number of nitro groups is 1. The van der Waals surface area contributed by atoms with Crippen LogP contribution in [0, 0.1) is 10.1 Å². The van der Waals surface area contributed by atoms with Gasteiger partial charge in [-0.2, -0.15) is 0 Å². The highest BCUT2D eigenvalue weighted by atomic mass is 16.6. The molecule has 7 nitrogen and oxygen atoms in total. The molecule has 1 aromatic heterocycles. The molecule has 110 valence electrons. The predicted molar refractivity (Wildman–Crippen MR) is 77.1 cm³/mol. The molecular weight excluding hydrogens is 260 g/mol. The quantitative estimate of drug-likeness (QED) is 0.453. The standard InChI is InChI=1S/C13H20N4O3/c1-14-12-8-10(17(18)19)9-13(16-12)15-6-7-20-11-4-2-3-5-11/h8-9,11H,2-7H2,1H3,(H2,14,15,16). The van der Waals surface area contributed by atoms with Gasteiger partial charge in [-0.3, -0.25) is 10.1 Å². The van der Waals surface area contributed by atoms with Gasteiger partial charge in [0.2, 0.25) is 0 Å². The highest BCUT2D eigenvalue weighted by molar-refractivity contribution is 5.54. The van der Waals surface area contributed by atoms with Crippen molar-refractivity contribution in [1.82, 2.24) is 4.98 Å². The molecule has 0 atom stereocenters. The molecule has 0 bridgehead atoms. The summed E-state index contributed by atoms with van der Waals surface area (Å²) in [7, 11) is 1.68. The molecule has 1 saturated carbocycles. The van der Waals surface area contributed by atoms with E-state index in [0.29, 0.717) is 30.9 Å². The molecule has 1 aliphatic rings. The third-order valence-electron chi connectivity index (χ3n) is 3.34. The second-order valence-electron chi connectivity index (χ2n) is 4.81. The summed E-state index contributed by atoms with van der Waals surface area (Å²) >= 11 is 0. The van der Waals surface area contributed by atoms with Crippen LogP contribution in [0.4, 0.5) is 17.3 Å². The Morgan fingerprint density at radius 3 is 2.75 bits per heavy atom. The lowest BCUT2D eigenvalue weighted by Gasteiger charge is -2.12. The van der Waals surface area contributed by atoms with Crippen molar-refractivity contribution in [3.8, 4) is 0 Å². The zero-order valence-electron chi connectivity index (χ0n) is 11.6.